The second-order valence-corrected chi connectivity index (χ2v) is 4.65. The smallest absolute Gasteiger partial charge is 0.309 e. The number of rotatable bonds is 3. The van der Waals surface area contributed by atoms with Gasteiger partial charge in [-0.15, -0.1) is 0 Å². The largest absolute Gasteiger partial charge is 0.497 e. The monoisotopic (exact) mass is 277 g/mol. The lowest BCUT2D eigenvalue weighted by molar-refractivity contribution is -0.151. The van der Waals surface area contributed by atoms with E-state index in [0.717, 1.165) is 5.56 Å². The highest BCUT2D eigenvalue weighted by Gasteiger charge is 2.38. The van der Waals surface area contributed by atoms with Crippen molar-refractivity contribution in [3.63, 3.8) is 0 Å². The van der Waals surface area contributed by atoms with Crippen LogP contribution in [-0.4, -0.2) is 44.8 Å². The number of carbonyl (C=O) groups is 1. The molecule has 1 fully saturated rings. The van der Waals surface area contributed by atoms with Crippen LogP contribution in [0.5, 0.6) is 11.5 Å². The third-order valence-electron chi connectivity index (χ3n) is 3.36. The fraction of sp³-hybridized carbons (Fsp3) is 0.429. The molecule has 6 heteroatoms. The summed E-state index contributed by atoms with van der Waals surface area (Å²) in [6.07, 6.45) is 0.00197. The SMILES string of the molecule is COc1cc(OC)cc(C2=NC3COC(=O)CC3O2)c1. The summed E-state index contributed by atoms with van der Waals surface area (Å²) in [5, 5.41) is 0. The zero-order valence-electron chi connectivity index (χ0n) is 11.3. The van der Waals surface area contributed by atoms with Crippen LogP contribution in [0.4, 0.5) is 0 Å². The van der Waals surface area contributed by atoms with Crippen LogP contribution in [0.1, 0.15) is 12.0 Å². The minimum absolute atomic E-state index is 0.125. The molecular formula is C14H15NO5. The first-order valence-electron chi connectivity index (χ1n) is 6.33. The molecule has 2 unspecified atom stereocenters. The van der Waals surface area contributed by atoms with Crippen LogP contribution < -0.4 is 9.47 Å². The molecule has 0 aromatic heterocycles. The van der Waals surface area contributed by atoms with E-state index in [9.17, 15) is 4.79 Å². The molecule has 6 nitrogen and oxygen atoms in total. The van der Waals surface area contributed by atoms with Gasteiger partial charge in [-0.2, -0.15) is 0 Å². The minimum Gasteiger partial charge on any atom is -0.497 e. The Hall–Kier alpha value is -2.24. The summed E-state index contributed by atoms with van der Waals surface area (Å²) in [5.74, 6) is 1.57. The van der Waals surface area contributed by atoms with Crippen molar-refractivity contribution >= 4 is 11.9 Å². The molecule has 20 heavy (non-hydrogen) atoms. The van der Waals surface area contributed by atoms with Crippen molar-refractivity contribution in [3.05, 3.63) is 23.8 Å². The number of hydrogen-bond donors (Lipinski definition) is 0. The molecule has 1 aromatic rings. The molecule has 2 aliphatic rings. The van der Waals surface area contributed by atoms with Crippen molar-refractivity contribution < 1.29 is 23.7 Å². The van der Waals surface area contributed by atoms with Crippen molar-refractivity contribution in [2.24, 2.45) is 4.99 Å². The van der Waals surface area contributed by atoms with E-state index in [-0.39, 0.29) is 31.1 Å². The van der Waals surface area contributed by atoms with Gasteiger partial charge in [0.15, 0.2) is 0 Å². The lowest BCUT2D eigenvalue weighted by Gasteiger charge is -2.21. The van der Waals surface area contributed by atoms with E-state index in [1.54, 1.807) is 20.3 Å². The number of aliphatic imine (C=N–C) groups is 1. The lowest BCUT2D eigenvalue weighted by atomic mass is 10.1. The molecule has 106 valence electrons. The van der Waals surface area contributed by atoms with Gasteiger partial charge in [0.1, 0.15) is 30.3 Å². The van der Waals surface area contributed by atoms with E-state index in [4.69, 9.17) is 18.9 Å². The second kappa shape index (κ2) is 5.03. The molecule has 0 aliphatic carbocycles. The maximum atomic E-state index is 11.3. The molecule has 0 saturated carbocycles. The zero-order chi connectivity index (χ0) is 14.1. The molecule has 1 aromatic carbocycles. The minimum atomic E-state index is -0.245. The first-order chi connectivity index (χ1) is 9.69. The number of methoxy groups -OCH3 is 2. The molecule has 3 rings (SSSR count). The van der Waals surface area contributed by atoms with Crippen LogP contribution in [0.3, 0.4) is 0 Å². The van der Waals surface area contributed by atoms with Crippen LogP contribution in [-0.2, 0) is 14.3 Å². The highest BCUT2D eigenvalue weighted by atomic mass is 16.6. The number of ether oxygens (including phenoxy) is 4. The first-order valence-corrected chi connectivity index (χ1v) is 6.33. The van der Waals surface area contributed by atoms with Gasteiger partial charge in [0.05, 0.1) is 20.6 Å². The van der Waals surface area contributed by atoms with E-state index >= 15 is 0 Å². The standard InChI is InChI=1S/C14H15NO5/c1-17-9-3-8(4-10(5-9)18-2)14-15-11-7-19-13(16)6-12(11)20-14/h3-5,11-12H,6-7H2,1-2H3. The Morgan fingerprint density at radius 3 is 2.55 bits per heavy atom. The van der Waals surface area contributed by atoms with Gasteiger partial charge in [-0.1, -0.05) is 0 Å². The summed E-state index contributed by atoms with van der Waals surface area (Å²) in [4.78, 5) is 15.7. The molecule has 0 bridgehead atoms. The average molecular weight is 277 g/mol. The summed E-state index contributed by atoms with van der Waals surface area (Å²) in [6.45, 7) is 0.272. The molecule has 2 heterocycles. The molecular weight excluding hydrogens is 262 g/mol. The molecule has 0 spiro atoms. The summed E-state index contributed by atoms with van der Waals surface area (Å²) < 4.78 is 21.2. The Morgan fingerprint density at radius 2 is 1.90 bits per heavy atom. The molecule has 2 atom stereocenters. The van der Waals surface area contributed by atoms with Crippen molar-refractivity contribution in [3.8, 4) is 11.5 Å². The quantitative estimate of drug-likeness (QED) is 0.776. The van der Waals surface area contributed by atoms with Gasteiger partial charge in [0, 0.05) is 11.6 Å². The van der Waals surface area contributed by atoms with Gasteiger partial charge in [0.2, 0.25) is 5.90 Å². The normalized spacial score (nSPS) is 24.3. The van der Waals surface area contributed by atoms with Gasteiger partial charge >= 0.3 is 5.97 Å². The number of hydrogen-bond acceptors (Lipinski definition) is 6. The van der Waals surface area contributed by atoms with E-state index < -0.39 is 0 Å². The maximum Gasteiger partial charge on any atom is 0.309 e. The number of nitrogens with zero attached hydrogens (tertiary/aromatic N) is 1. The number of cyclic esters (lactones) is 1. The van der Waals surface area contributed by atoms with E-state index in [1.165, 1.54) is 0 Å². The van der Waals surface area contributed by atoms with E-state index in [0.29, 0.717) is 17.4 Å². The van der Waals surface area contributed by atoms with Gasteiger partial charge < -0.3 is 18.9 Å². The van der Waals surface area contributed by atoms with Gasteiger partial charge in [-0.3, -0.25) is 4.79 Å². The summed E-state index contributed by atoms with van der Waals surface area (Å²) in [6, 6.07) is 5.29. The van der Waals surface area contributed by atoms with E-state index in [1.807, 2.05) is 12.1 Å². The molecule has 0 amide bonds. The lowest BCUT2D eigenvalue weighted by Crippen LogP contribution is -2.36. The zero-order valence-corrected chi connectivity index (χ0v) is 11.3. The van der Waals surface area contributed by atoms with Crippen LogP contribution in [0.2, 0.25) is 0 Å². The predicted octanol–water partition coefficient (Wildman–Crippen LogP) is 1.16. The molecule has 0 N–H and O–H groups in total. The Morgan fingerprint density at radius 1 is 1.20 bits per heavy atom. The van der Waals surface area contributed by atoms with Crippen LogP contribution in [0, 0.1) is 0 Å². The number of fused-ring (bicyclic) bond motifs is 1. The topological polar surface area (TPSA) is 66.3 Å². The molecule has 1 saturated heterocycles. The average Bonchev–Trinajstić information content (AvgIpc) is 2.89. The van der Waals surface area contributed by atoms with Crippen molar-refractivity contribution in [1.29, 1.82) is 0 Å². The van der Waals surface area contributed by atoms with Gasteiger partial charge in [-0.05, 0) is 12.1 Å². The summed E-state index contributed by atoms with van der Waals surface area (Å²) >= 11 is 0. The summed E-state index contributed by atoms with van der Waals surface area (Å²) in [5.41, 5.74) is 0.767. The fourth-order valence-corrected chi connectivity index (χ4v) is 2.28. The Kier molecular flexibility index (Phi) is 3.22. The fourth-order valence-electron chi connectivity index (χ4n) is 2.28. The van der Waals surface area contributed by atoms with Gasteiger partial charge in [0.25, 0.3) is 0 Å². The maximum absolute atomic E-state index is 11.3. The third kappa shape index (κ3) is 2.29. The second-order valence-electron chi connectivity index (χ2n) is 4.65. The summed E-state index contributed by atoms with van der Waals surface area (Å²) in [7, 11) is 3.17. The van der Waals surface area contributed by atoms with Crippen molar-refractivity contribution in [2.45, 2.75) is 18.6 Å². The van der Waals surface area contributed by atoms with Crippen LogP contribution >= 0.6 is 0 Å². The Labute approximate surface area is 116 Å². The first kappa shape index (κ1) is 12.8. The number of esters is 1. The highest BCUT2D eigenvalue weighted by molar-refractivity contribution is 5.96. The van der Waals surface area contributed by atoms with Gasteiger partial charge in [-0.25, -0.2) is 4.99 Å². The predicted molar refractivity (Wildman–Crippen MR) is 70.3 cm³/mol. The number of carbonyl (C=O) groups excluding carboxylic acids is 1. The molecule has 0 radical (unpaired) electrons. The Bertz CT molecular complexity index is 546. The third-order valence-corrected chi connectivity index (χ3v) is 3.36. The molecule has 2 aliphatic heterocycles. The highest BCUT2D eigenvalue weighted by Crippen LogP contribution is 2.28. The van der Waals surface area contributed by atoms with Crippen LogP contribution in [0.25, 0.3) is 0 Å². The van der Waals surface area contributed by atoms with Crippen LogP contribution in [0.15, 0.2) is 23.2 Å². The number of benzene rings is 1. The van der Waals surface area contributed by atoms with Crippen molar-refractivity contribution in [1.82, 2.24) is 0 Å². The Balaban J connectivity index is 1.88. The van der Waals surface area contributed by atoms with E-state index in [2.05, 4.69) is 4.99 Å². The van der Waals surface area contributed by atoms with Crippen molar-refractivity contribution in [2.75, 3.05) is 20.8 Å².